The molecule has 0 aliphatic carbocycles. The van der Waals surface area contributed by atoms with Gasteiger partial charge in [0.15, 0.2) is 0 Å². The number of amides is 2. The SMILES string of the molecule is Cc1ccc(C=CC(=O)NC[C@@H]2CCN(CC(c3ccccc3)c3ccccc3)C(=O)[C@H](CCN)N2)cc1. The molecule has 0 bridgehead atoms. The molecule has 4 rings (SSSR count). The van der Waals surface area contributed by atoms with Crippen LogP contribution in [0.1, 0.15) is 41.0 Å². The van der Waals surface area contributed by atoms with Crippen LogP contribution < -0.4 is 16.4 Å². The van der Waals surface area contributed by atoms with Crippen LogP contribution in [0.5, 0.6) is 0 Å². The number of benzene rings is 3. The summed E-state index contributed by atoms with van der Waals surface area (Å²) in [6, 6.07) is 28.3. The summed E-state index contributed by atoms with van der Waals surface area (Å²) in [5, 5.41) is 6.47. The van der Waals surface area contributed by atoms with Gasteiger partial charge < -0.3 is 21.3 Å². The van der Waals surface area contributed by atoms with Gasteiger partial charge in [-0.2, -0.15) is 0 Å². The van der Waals surface area contributed by atoms with Gasteiger partial charge in [-0.3, -0.25) is 9.59 Å². The normalized spacial score (nSPS) is 18.1. The Kier molecular flexibility index (Phi) is 9.84. The summed E-state index contributed by atoms with van der Waals surface area (Å²) in [4.78, 5) is 28.1. The lowest BCUT2D eigenvalue weighted by molar-refractivity contribution is -0.133. The van der Waals surface area contributed by atoms with Gasteiger partial charge in [0, 0.05) is 37.7 Å². The molecule has 0 aromatic heterocycles. The second kappa shape index (κ2) is 13.7. The van der Waals surface area contributed by atoms with Crippen LogP contribution in [0.2, 0.25) is 0 Å². The molecule has 2 atom stereocenters. The van der Waals surface area contributed by atoms with Crippen molar-refractivity contribution in [1.82, 2.24) is 15.5 Å². The molecule has 1 saturated heterocycles. The Morgan fingerprint density at radius 1 is 1.03 bits per heavy atom. The lowest BCUT2D eigenvalue weighted by Gasteiger charge is -2.29. The Morgan fingerprint density at radius 2 is 1.66 bits per heavy atom. The van der Waals surface area contributed by atoms with E-state index in [9.17, 15) is 9.59 Å². The predicted octanol–water partition coefficient (Wildman–Crippen LogP) is 3.86. The first-order chi connectivity index (χ1) is 18.5. The van der Waals surface area contributed by atoms with E-state index in [0.29, 0.717) is 32.6 Å². The third-order valence-electron chi connectivity index (χ3n) is 7.08. The Balaban J connectivity index is 1.42. The quantitative estimate of drug-likeness (QED) is 0.362. The van der Waals surface area contributed by atoms with Crippen molar-refractivity contribution in [3.05, 3.63) is 113 Å². The van der Waals surface area contributed by atoms with Crippen molar-refractivity contribution in [1.29, 1.82) is 0 Å². The van der Waals surface area contributed by atoms with Gasteiger partial charge in [0.05, 0.1) is 6.04 Å². The van der Waals surface area contributed by atoms with Crippen LogP contribution in [-0.2, 0) is 9.59 Å². The fourth-order valence-electron chi connectivity index (χ4n) is 4.92. The fourth-order valence-corrected chi connectivity index (χ4v) is 4.92. The van der Waals surface area contributed by atoms with Crippen molar-refractivity contribution in [3.8, 4) is 0 Å². The van der Waals surface area contributed by atoms with Crippen LogP contribution in [0.15, 0.2) is 91.0 Å². The van der Waals surface area contributed by atoms with Gasteiger partial charge in [0.2, 0.25) is 11.8 Å². The zero-order valence-electron chi connectivity index (χ0n) is 22.1. The monoisotopic (exact) mass is 510 g/mol. The Bertz CT molecular complexity index is 1160. The summed E-state index contributed by atoms with van der Waals surface area (Å²) in [7, 11) is 0. The number of nitrogens with zero attached hydrogens (tertiary/aromatic N) is 1. The zero-order valence-corrected chi connectivity index (χ0v) is 22.1. The van der Waals surface area contributed by atoms with E-state index >= 15 is 0 Å². The van der Waals surface area contributed by atoms with Gasteiger partial charge in [-0.1, -0.05) is 90.5 Å². The maximum absolute atomic E-state index is 13.6. The molecule has 1 fully saturated rings. The molecule has 0 spiro atoms. The topological polar surface area (TPSA) is 87.5 Å². The van der Waals surface area contributed by atoms with E-state index in [1.165, 1.54) is 16.7 Å². The van der Waals surface area contributed by atoms with Crippen molar-refractivity contribution in [2.24, 2.45) is 5.73 Å². The number of carbonyl (C=O) groups excluding carboxylic acids is 2. The van der Waals surface area contributed by atoms with Crippen LogP contribution in [-0.4, -0.2) is 55.0 Å². The summed E-state index contributed by atoms with van der Waals surface area (Å²) in [5.41, 5.74) is 10.4. The summed E-state index contributed by atoms with van der Waals surface area (Å²) >= 11 is 0. The third kappa shape index (κ3) is 7.63. The first-order valence-corrected chi connectivity index (χ1v) is 13.4. The zero-order chi connectivity index (χ0) is 26.7. The molecule has 3 aromatic rings. The van der Waals surface area contributed by atoms with Crippen LogP contribution in [0.25, 0.3) is 6.08 Å². The van der Waals surface area contributed by atoms with Gasteiger partial charge in [0.25, 0.3) is 0 Å². The molecule has 4 N–H and O–H groups in total. The van der Waals surface area contributed by atoms with Crippen LogP contribution in [0.4, 0.5) is 0 Å². The van der Waals surface area contributed by atoms with Crippen molar-refractivity contribution < 1.29 is 9.59 Å². The molecule has 1 aliphatic heterocycles. The second-order valence-corrected chi connectivity index (χ2v) is 9.93. The summed E-state index contributed by atoms with van der Waals surface area (Å²) in [6.45, 7) is 4.10. The fraction of sp³-hybridized carbons (Fsp3) is 0.312. The van der Waals surface area contributed by atoms with E-state index in [4.69, 9.17) is 5.73 Å². The molecule has 3 aromatic carbocycles. The minimum absolute atomic E-state index is 0.0240. The molecule has 6 heteroatoms. The van der Waals surface area contributed by atoms with Crippen molar-refractivity contribution in [2.75, 3.05) is 26.2 Å². The molecule has 1 aliphatic rings. The van der Waals surface area contributed by atoms with Crippen LogP contribution in [0, 0.1) is 6.92 Å². The highest BCUT2D eigenvalue weighted by molar-refractivity contribution is 5.91. The molecule has 0 radical (unpaired) electrons. The molecule has 0 saturated carbocycles. The highest BCUT2D eigenvalue weighted by Crippen LogP contribution is 2.27. The number of rotatable bonds is 10. The lowest BCUT2D eigenvalue weighted by Crippen LogP contribution is -2.49. The van der Waals surface area contributed by atoms with E-state index in [-0.39, 0.29) is 29.8 Å². The molecule has 1 heterocycles. The van der Waals surface area contributed by atoms with Crippen molar-refractivity contribution >= 4 is 17.9 Å². The number of hydrogen-bond donors (Lipinski definition) is 3. The molecular weight excluding hydrogens is 472 g/mol. The lowest BCUT2D eigenvalue weighted by atomic mass is 9.90. The predicted molar refractivity (Wildman–Crippen MR) is 154 cm³/mol. The van der Waals surface area contributed by atoms with Gasteiger partial charge >= 0.3 is 0 Å². The van der Waals surface area contributed by atoms with Crippen LogP contribution >= 0.6 is 0 Å². The van der Waals surface area contributed by atoms with Crippen LogP contribution in [0.3, 0.4) is 0 Å². The largest absolute Gasteiger partial charge is 0.351 e. The Hall–Kier alpha value is -3.74. The van der Waals surface area contributed by atoms with E-state index in [1.807, 2.05) is 78.6 Å². The summed E-state index contributed by atoms with van der Waals surface area (Å²) in [5.74, 6) is -0.00755. The van der Waals surface area contributed by atoms with E-state index in [1.54, 1.807) is 6.08 Å². The summed E-state index contributed by atoms with van der Waals surface area (Å²) in [6.07, 6.45) is 4.66. The number of nitrogens with one attached hydrogen (secondary N) is 2. The minimum atomic E-state index is -0.375. The molecule has 198 valence electrons. The van der Waals surface area contributed by atoms with Crippen molar-refractivity contribution in [2.45, 2.75) is 37.8 Å². The van der Waals surface area contributed by atoms with Gasteiger partial charge in [0.1, 0.15) is 0 Å². The first kappa shape index (κ1) is 27.3. The Morgan fingerprint density at radius 3 is 2.26 bits per heavy atom. The molecule has 2 amide bonds. The molecular formula is C32H38N4O2. The minimum Gasteiger partial charge on any atom is -0.351 e. The van der Waals surface area contributed by atoms with Gasteiger partial charge in [-0.05, 0) is 49.1 Å². The molecule has 38 heavy (non-hydrogen) atoms. The maximum Gasteiger partial charge on any atom is 0.244 e. The highest BCUT2D eigenvalue weighted by atomic mass is 16.2. The standard InChI is InChI=1S/C32H38N4O2/c1-24-12-14-25(15-13-24)16-17-31(37)34-22-28-19-21-36(32(38)30(35-28)18-20-33)23-29(26-8-4-2-5-9-26)27-10-6-3-7-11-27/h2-17,28-30,35H,18-23,33H2,1H3,(H,34,37)/t28-,30-/m0/s1. The Labute approximate surface area is 225 Å². The van der Waals surface area contributed by atoms with Crippen molar-refractivity contribution in [3.63, 3.8) is 0 Å². The first-order valence-electron chi connectivity index (χ1n) is 13.4. The van der Waals surface area contributed by atoms with E-state index < -0.39 is 0 Å². The average molecular weight is 511 g/mol. The van der Waals surface area contributed by atoms with Gasteiger partial charge in [-0.25, -0.2) is 0 Å². The number of hydrogen-bond acceptors (Lipinski definition) is 4. The number of carbonyl (C=O) groups is 2. The summed E-state index contributed by atoms with van der Waals surface area (Å²) < 4.78 is 0. The van der Waals surface area contributed by atoms with E-state index in [0.717, 1.165) is 12.0 Å². The number of aryl methyl sites for hydroxylation is 1. The van der Waals surface area contributed by atoms with Gasteiger partial charge in [-0.15, -0.1) is 0 Å². The maximum atomic E-state index is 13.6. The molecule has 0 unspecified atom stereocenters. The smallest absolute Gasteiger partial charge is 0.244 e. The van der Waals surface area contributed by atoms with E-state index in [2.05, 4.69) is 34.9 Å². The second-order valence-electron chi connectivity index (χ2n) is 9.93. The highest BCUT2D eigenvalue weighted by Gasteiger charge is 2.32. The number of nitrogens with two attached hydrogens (primary N) is 1. The molecule has 6 nitrogen and oxygen atoms in total. The average Bonchev–Trinajstić information content (AvgIpc) is 3.09. The third-order valence-corrected chi connectivity index (χ3v) is 7.08.